The molecule has 1 aliphatic heterocycles. The van der Waals surface area contributed by atoms with Crippen LogP contribution in [0.15, 0.2) is 53.4 Å². The number of carbonyl (C=O) groups is 1. The Morgan fingerprint density at radius 3 is 2.23 bits per heavy atom. The molecule has 1 fully saturated rings. The average molecular weight is 433 g/mol. The highest BCUT2D eigenvalue weighted by atomic mass is 32.2. The lowest BCUT2D eigenvalue weighted by molar-refractivity contribution is -0.127. The van der Waals surface area contributed by atoms with E-state index in [2.05, 4.69) is 10.2 Å². The van der Waals surface area contributed by atoms with E-state index in [0.29, 0.717) is 0 Å². The Labute approximate surface area is 178 Å². The summed E-state index contributed by atoms with van der Waals surface area (Å²) in [4.78, 5) is 15.4. The van der Waals surface area contributed by atoms with E-state index in [4.69, 9.17) is 0 Å². The molecule has 5 nitrogen and oxygen atoms in total. The third-order valence-corrected chi connectivity index (χ3v) is 6.84. The molecule has 0 saturated carbocycles. The van der Waals surface area contributed by atoms with Gasteiger partial charge in [-0.2, -0.15) is 0 Å². The van der Waals surface area contributed by atoms with Crippen molar-refractivity contribution in [1.29, 1.82) is 0 Å². The molecule has 2 aromatic carbocycles. The quantitative estimate of drug-likeness (QED) is 0.724. The summed E-state index contributed by atoms with van der Waals surface area (Å²) >= 11 is 0. The number of piperidine rings is 1. The number of nitrogens with one attached hydrogen (secondary N) is 1. The second kappa shape index (κ2) is 9.71. The third kappa shape index (κ3) is 5.89. The molecular formula is C23H29FN2O3S. The zero-order valence-electron chi connectivity index (χ0n) is 17.5. The molecule has 2 aromatic rings. The predicted octanol–water partition coefficient (Wildman–Crippen LogP) is 3.71. The largest absolute Gasteiger partial charge is 0.349 e. The molecule has 0 bridgehead atoms. The van der Waals surface area contributed by atoms with Crippen LogP contribution < -0.4 is 5.32 Å². The standard InChI is InChI=1S/C23H29FN2O3S/c1-3-22(18-6-10-21(11-7-18)30(2,28)29)25-23(27)19-12-14-26(15-13-19)16-17-4-8-20(24)9-5-17/h4-11,19,22H,3,12-16H2,1-2H3,(H,25,27)/t22-/m1/s1. The van der Waals surface area contributed by atoms with Crippen molar-refractivity contribution in [2.75, 3.05) is 19.3 Å². The number of halogens is 1. The molecule has 1 amide bonds. The number of rotatable bonds is 7. The van der Waals surface area contributed by atoms with Gasteiger partial charge < -0.3 is 5.32 Å². The number of benzene rings is 2. The van der Waals surface area contributed by atoms with E-state index in [1.807, 2.05) is 6.92 Å². The summed E-state index contributed by atoms with van der Waals surface area (Å²) in [6.07, 6.45) is 3.49. The van der Waals surface area contributed by atoms with Crippen LogP contribution in [-0.4, -0.2) is 38.6 Å². The van der Waals surface area contributed by atoms with Crippen molar-refractivity contribution in [3.8, 4) is 0 Å². The van der Waals surface area contributed by atoms with Crippen molar-refractivity contribution in [3.05, 3.63) is 65.5 Å². The SMILES string of the molecule is CC[C@@H](NC(=O)C1CCN(Cc2ccc(F)cc2)CC1)c1ccc(S(C)(=O)=O)cc1. The molecule has 1 aliphatic rings. The van der Waals surface area contributed by atoms with Crippen LogP contribution in [0.1, 0.15) is 43.4 Å². The summed E-state index contributed by atoms with van der Waals surface area (Å²) in [6, 6.07) is 13.1. The molecule has 1 atom stereocenters. The van der Waals surface area contributed by atoms with Gasteiger partial charge >= 0.3 is 0 Å². The van der Waals surface area contributed by atoms with E-state index in [-0.39, 0.29) is 28.6 Å². The Kier molecular flexibility index (Phi) is 7.26. The van der Waals surface area contributed by atoms with E-state index < -0.39 is 9.84 Å². The maximum absolute atomic E-state index is 13.0. The Hall–Kier alpha value is -2.25. The van der Waals surface area contributed by atoms with Gasteiger partial charge in [-0.15, -0.1) is 0 Å². The first kappa shape index (κ1) is 22.4. The number of hydrogen-bond acceptors (Lipinski definition) is 4. The fourth-order valence-corrected chi connectivity index (χ4v) is 4.49. The van der Waals surface area contributed by atoms with Crippen LogP contribution >= 0.6 is 0 Å². The van der Waals surface area contributed by atoms with E-state index in [1.54, 1.807) is 36.4 Å². The highest BCUT2D eigenvalue weighted by Crippen LogP contribution is 2.23. The summed E-state index contributed by atoms with van der Waals surface area (Å²) in [5.74, 6) is -0.208. The van der Waals surface area contributed by atoms with Gasteiger partial charge in [0.25, 0.3) is 0 Å². The molecule has 7 heteroatoms. The molecular weight excluding hydrogens is 403 g/mol. The lowest BCUT2D eigenvalue weighted by Gasteiger charge is -2.32. The number of likely N-dealkylation sites (tertiary alicyclic amines) is 1. The predicted molar refractivity (Wildman–Crippen MR) is 115 cm³/mol. The number of sulfone groups is 1. The fraction of sp³-hybridized carbons (Fsp3) is 0.435. The topological polar surface area (TPSA) is 66.5 Å². The van der Waals surface area contributed by atoms with Crippen molar-refractivity contribution >= 4 is 15.7 Å². The van der Waals surface area contributed by atoms with Crippen molar-refractivity contribution in [2.24, 2.45) is 5.92 Å². The zero-order valence-corrected chi connectivity index (χ0v) is 18.3. The fourth-order valence-electron chi connectivity index (χ4n) is 3.86. The number of hydrogen-bond donors (Lipinski definition) is 1. The monoisotopic (exact) mass is 432 g/mol. The van der Waals surface area contributed by atoms with Crippen molar-refractivity contribution in [1.82, 2.24) is 10.2 Å². The Bertz CT molecular complexity index is 951. The highest BCUT2D eigenvalue weighted by molar-refractivity contribution is 7.90. The van der Waals surface area contributed by atoms with E-state index in [9.17, 15) is 17.6 Å². The van der Waals surface area contributed by atoms with Crippen molar-refractivity contribution in [2.45, 2.75) is 43.7 Å². The van der Waals surface area contributed by atoms with E-state index >= 15 is 0 Å². The number of amides is 1. The molecule has 3 rings (SSSR count). The lowest BCUT2D eigenvalue weighted by atomic mass is 9.94. The molecule has 162 valence electrons. The molecule has 30 heavy (non-hydrogen) atoms. The van der Waals surface area contributed by atoms with Gasteiger partial charge in [0.05, 0.1) is 10.9 Å². The second-order valence-corrected chi connectivity index (χ2v) is 10.0. The van der Waals surface area contributed by atoms with Crippen LogP contribution in [0.4, 0.5) is 4.39 Å². The van der Waals surface area contributed by atoms with Crippen LogP contribution in [0.2, 0.25) is 0 Å². The van der Waals surface area contributed by atoms with Gasteiger partial charge in [0.2, 0.25) is 5.91 Å². The normalized spacial score (nSPS) is 16.9. The van der Waals surface area contributed by atoms with Crippen molar-refractivity contribution in [3.63, 3.8) is 0 Å². The summed E-state index contributed by atoms with van der Waals surface area (Å²) in [5, 5.41) is 3.13. The smallest absolute Gasteiger partial charge is 0.223 e. The number of carbonyl (C=O) groups excluding carboxylic acids is 1. The summed E-state index contributed by atoms with van der Waals surface area (Å²) in [7, 11) is -3.23. The van der Waals surface area contributed by atoms with Crippen molar-refractivity contribution < 1.29 is 17.6 Å². The van der Waals surface area contributed by atoms with Gasteiger partial charge in [-0.3, -0.25) is 9.69 Å². The van der Waals surface area contributed by atoms with E-state index in [1.165, 1.54) is 18.4 Å². The average Bonchev–Trinajstić information content (AvgIpc) is 2.73. The third-order valence-electron chi connectivity index (χ3n) is 5.71. The first-order valence-electron chi connectivity index (χ1n) is 10.3. The van der Waals surface area contributed by atoms with Gasteiger partial charge in [0.1, 0.15) is 5.82 Å². The number of nitrogens with zero attached hydrogens (tertiary/aromatic N) is 1. The van der Waals surface area contributed by atoms with Crippen LogP contribution in [0.25, 0.3) is 0 Å². The van der Waals surface area contributed by atoms with Gasteiger partial charge in [0.15, 0.2) is 9.84 Å². The Balaban J connectivity index is 1.53. The summed E-state index contributed by atoms with van der Waals surface area (Å²) in [5.41, 5.74) is 1.98. The zero-order chi connectivity index (χ0) is 21.7. The summed E-state index contributed by atoms with van der Waals surface area (Å²) < 4.78 is 36.3. The van der Waals surface area contributed by atoms with Crippen LogP contribution in [0.3, 0.4) is 0 Å². The lowest BCUT2D eigenvalue weighted by Crippen LogP contribution is -2.41. The molecule has 1 N–H and O–H groups in total. The summed E-state index contributed by atoms with van der Waals surface area (Å²) in [6.45, 7) is 4.42. The Morgan fingerprint density at radius 1 is 1.10 bits per heavy atom. The maximum Gasteiger partial charge on any atom is 0.223 e. The molecule has 0 radical (unpaired) electrons. The van der Waals surface area contributed by atoms with E-state index in [0.717, 1.165) is 50.0 Å². The first-order chi connectivity index (χ1) is 14.3. The minimum absolute atomic E-state index is 0.0289. The Morgan fingerprint density at radius 2 is 1.70 bits per heavy atom. The van der Waals surface area contributed by atoms with Crippen LogP contribution in [0.5, 0.6) is 0 Å². The van der Waals surface area contributed by atoms with Crippen LogP contribution in [0, 0.1) is 11.7 Å². The molecule has 0 aliphatic carbocycles. The molecule has 0 aromatic heterocycles. The molecule has 0 spiro atoms. The van der Waals surface area contributed by atoms with Gasteiger partial charge in [-0.25, -0.2) is 12.8 Å². The molecule has 1 heterocycles. The maximum atomic E-state index is 13.0. The van der Waals surface area contributed by atoms with Gasteiger partial charge in [0, 0.05) is 18.7 Å². The molecule has 1 saturated heterocycles. The van der Waals surface area contributed by atoms with Crippen LogP contribution in [-0.2, 0) is 21.2 Å². The van der Waals surface area contributed by atoms with Gasteiger partial charge in [-0.1, -0.05) is 31.2 Å². The highest BCUT2D eigenvalue weighted by Gasteiger charge is 2.26. The first-order valence-corrected chi connectivity index (χ1v) is 12.2. The second-order valence-electron chi connectivity index (χ2n) is 7.99. The minimum Gasteiger partial charge on any atom is -0.349 e. The molecule has 0 unspecified atom stereocenters. The minimum atomic E-state index is -3.23. The van der Waals surface area contributed by atoms with Gasteiger partial charge in [-0.05, 0) is 67.7 Å².